The van der Waals surface area contributed by atoms with E-state index in [1.165, 1.54) is 17.7 Å². The predicted molar refractivity (Wildman–Crippen MR) is 155 cm³/mol. The molecule has 2 aromatic heterocycles. The average molecular weight is 544 g/mol. The van der Waals surface area contributed by atoms with Gasteiger partial charge in [0.25, 0.3) is 0 Å². The third-order valence-electron chi connectivity index (χ3n) is 8.67. The number of imidazole rings is 1. The molecule has 0 unspecified atom stereocenters. The minimum absolute atomic E-state index is 0.286. The number of nitrogens with zero attached hydrogens (tertiary/aromatic N) is 7. The third kappa shape index (κ3) is 4.49. The van der Waals surface area contributed by atoms with Crippen LogP contribution in [0.15, 0.2) is 48.9 Å². The maximum atomic E-state index is 6.71. The number of hydrogen-bond donors (Lipinski definition) is 0. The quantitative estimate of drug-likeness (QED) is 0.354. The molecule has 0 bridgehead atoms. The van der Waals surface area contributed by atoms with Gasteiger partial charge in [-0.1, -0.05) is 35.9 Å². The minimum atomic E-state index is 0.286. The Hall–Kier alpha value is -3.36. The maximum Gasteiger partial charge on any atom is 0.318 e. The number of halogens is 1. The van der Waals surface area contributed by atoms with Crippen LogP contribution < -0.4 is 14.5 Å². The Morgan fingerprint density at radius 2 is 1.95 bits per heavy atom. The van der Waals surface area contributed by atoms with Crippen LogP contribution in [0.25, 0.3) is 10.8 Å². The van der Waals surface area contributed by atoms with E-state index in [4.69, 9.17) is 26.3 Å². The van der Waals surface area contributed by atoms with Crippen molar-refractivity contribution in [2.24, 2.45) is 0 Å². The highest BCUT2D eigenvalue weighted by Crippen LogP contribution is 2.38. The summed E-state index contributed by atoms with van der Waals surface area (Å²) >= 11 is 6.71. The molecule has 8 nitrogen and oxygen atoms in total. The molecule has 3 aliphatic rings. The first kappa shape index (κ1) is 24.7. The first-order chi connectivity index (χ1) is 19.0. The summed E-state index contributed by atoms with van der Waals surface area (Å²) in [4.78, 5) is 21.7. The lowest BCUT2D eigenvalue weighted by molar-refractivity contribution is 0.187. The molecule has 0 N–H and O–H groups in total. The SMILES string of the molecule is C[C@@H]1Cn2cncc2CN1c1nc(OC[C@@H]2CCCN2C)nc2c1CCN(c1cccc3cccc(Cl)c13)C2. The van der Waals surface area contributed by atoms with Crippen molar-refractivity contribution in [2.75, 3.05) is 36.5 Å². The number of anilines is 2. The van der Waals surface area contributed by atoms with Crippen molar-refractivity contribution in [3.8, 4) is 6.01 Å². The standard InChI is InChI=1S/C30H34ClN7O/c1-20-15-37-19-32-14-23(37)16-38(20)29-24-11-13-36(27-10-4-7-21-6-3-9-25(31)28(21)27)17-26(24)33-30(34-29)39-18-22-8-5-12-35(22)2/h3-4,6-7,9-10,14,19-20,22H,5,8,11-13,15-18H2,1-2H3/t20-,22+/m1/s1. The molecule has 1 saturated heterocycles. The fourth-order valence-corrected chi connectivity index (χ4v) is 6.72. The molecule has 0 aliphatic carbocycles. The predicted octanol–water partition coefficient (Wildman–Crippen LogP) is 4.92. The van der Waals surface area contributed by atoms with E-state index in [0.717, 1.165) is 72.0 Å². The summed E-state index contributed by atoms with van der Waals surface area (Å²) in [7, 11) is 2.17. The Balaban J connectivity index is 1.26. The summed E-state index contributed by atoms with van der Waals surface area (Å²) in [6, 6.07) is 13.7. The fraction of sp³-hybridized carbons (Fsp3) is 0.433. The second-order valence-corrected chi connectivity index (χ2v) is 11.6. The summed E-state index contributed by atoms with van der Waals surface area (Å²) < 4.78 is 8.57. The van der Waals surface area contributed by atoms with Crippen LogP contribution in [0, 0.1) is 0 Å². The van der Waals surface area contributed by atoms with Gasteiger partial charge in [0, 0.05) is 48.0 Å². The normalized spacial score (nSPS) is 21.3. The van der Waals surface area contributed by atoms with E-state index in [9.17, 15) is 0 Å². The average Bonchev–Trinajstić information content (AvgIpc) is 3.58. The van der Waals surface area contributed by atoms with E-state index < -0.39 is 0 Å². The van der Waals surface area contributed by atoms with E-state index in [1.54, 1.807) is 0 Å². The molecule has 39 heavy (non-hydrogen) atoms. The van der Waals surface area contributed by atoms with Gasteiger partial charge in [-0.2, -0.15) is 9.97 Å². The number of fused-ring (bicyclic) bond motifs is 3. The zero-order chi connectivity index (χ0) is 26.5. The lowest BCUT2D eigenvalue weighted by atomic mass is 10.0. The molecular formula is C30H34ClN7O. The molecule has 0 radical (unpaired) electrons. The lowest BCUT2D eigenvalue weighted by Gasteiger charge is -2.38. The summed E-state index contributed by atoms with van der Waals surface area (Å²) in [6.07, 6.45) is 7.11. The summed E-state index contributed by atoms with van der Waals surface area (Å²) in [6.45, 7) is 7.22. The van der Waals surface area contributed by atoms with Crippen LogP contribution in [0.4, 0.5) is 11.5 Å². The van der Waals surface area contributed by atoms with Gasteiger partial charge >= 0.3 is 6.01 Å². The van der Waals surface area contributed by atoms with Crippen molar-refractivity contribution in [3.63, 3.8) is 0 Å². The smallest absolute Gasteiger partial charge is 0.318 e. The van der Waals surface area contributed by atoms with E-state index in [1.807, 2.05) is 24.7 Å². The Kier molecular flexibility index (Phi) is 6.32. The van der Waals surface area contributed by atoms with Crippen LogP contribution in [0.1, 0.15) is 36.7 Å². The van der Waals surface area contributed by atoms with Crippen molar-refractivity contribution in [3.05, 3.63) is 70.9 Å². The Morgan fingerprint density at radius 3 is 2.79 bits per heavy atom. The number of benzene rings is 2. The largest absolute Gasteiger partial charge is 0.462 e. The second-order valence-electron chi connectivity index (χ2n) is 11.1. The van der Waals surface area contributed by atoms with Crippen molar-refractivity contribution < 1.29 is 4.74 Å². The van der Waals surface area contributed by atoms with Gasteiger partial charge in [0.1, 0.15) is 12.4 Å². The summed E-state index contributed by atoms with van der Waals surface area (Å²) in [5, 5.41) is 3.02. The molecule has 3 aliphatic heterocycles. The van der Waals surface area contributed by atoms with Gasteiger partial charge in [-0.25, -0.2) is 4.98 Å². The van der Waals surface area contributed by atoms with Gasteiger partial charge in [-0.15, -0.1) is 0 Å². The number of aromatic nitrogens is 4. The van der Waals surface area contributed by atoms with Gasteiger partial charge in [0.05, 0.1) is 35.8 Å². The van der Waals surface area contributed by atoms with Gasteiger partial charge in [-0.05, 0) is 57.3 Å². The molecule has 2 atom stereocenters. The highest BCUT2D eigenvalue weighted by atomic mass is 35.5. The maximum absolute atomic E-state index is 6.71. The highest BCUT2D eigenvalue weighted by Gasteiger charge is 2.31. The number of likely N-dealkylation sites (tertiary alicyclic amines) is 1. The number of likely N-dealkylation sites (N-methyl/N-ethyl adjacent to an activating group) is 1. The first-order valence-electron chi connectivity index (χ1n) is 14.0. The van der Waals surface area contributed by atoms with Crippen LogP contribution in [0.2, 0.25) is 5.02 Å². The van der Waals surface area contributed by atoms with Crippen molar-refractivity contribution in [2.45, 2.75) is 57.9 Å². The molecule has 0 saturated carbocycles. The Bertz CT molecular complexity index is 1520. The zero-order valence-electron chi connectivity index (χ0n) is 22.6. The zero-order valence-corrected chi connectivity index (χ0v) is 23.3. The molecule has 0 amide bonds. The lowest BCUT2D eigenvalue weighted by Crippen LogP contribution is -2.43. The molecule has 7 rings (SSSR count). The molecule has 1 fully saturated rings. The molecule has 2 aromatic carbocycles. The number of ether oxygens (including phenoxy) is 1. The monoisotopic (exact) mass is 543 g/mol. The van der Waals surface area contributed by atoms with E-state index in [0.29, 0.717) is 25.2 Å². The Morgan fingerprint density at radius 1 is 1.08 bits per heavy atom. The van der Waals surface area contributed by atoms with Gasteiger partial charge in [-0.3, -0.25) is 0 Å². The second kappa shape index (κ2) is 9.99. The van der Waals surface area contributed by atoms with Crippen molar-refractivity contribution in [1.82, 2.24) is 24.4 Å². The van der Waals surface area contributed by atoms with E-state index in [2.05, 4.69) is 62.5 Å². The molecule has 9 heteroatoms. The van der Waals surface area contributed by atoms with Gasteiger partial charge in [0.2, 0.25) is 0 Å². The molecular weight excluding hydrogens is 510 g/mol. The van der Waals surface area contributed by atoms with Gasteiger partial charge < -0.3 is 24.0 Å². The van der Waals surface area contributed by atoms with Gasteiger partial charge in [0.15, 0.2) is 0 Å². The fourth-order valence-electron chi connectivity index (χ4n) is 6.44. The molecule has 5 heterocycles. The van der Waals surface area contributed by atoms with Crippen molar-refractivity contribution >= 4 is 33.9 Å². The molecule has 202 valence electrons. The summed E-state index contributed by atoms with van der Waals surface area (Å²) in [5.41, 5.74) is 4.62. The minimum Gasteiger partial charge on any atom is -0.462 e. The molecule has 0 spiro atoms. The highest BCUT2D eigenvalue weighted by molar-refractivity contribution is 6.36. The Labute approximate surface area is 234 Å². The van der Waals surface area contributed by atoms with Crippen molar-refractivity contribution in [1.29, 1.82) is 0 Å². The first-order valence-corrected chi connectivity index (χ1v) is 14.3. The van der Waals surface area contributed by atoms with Crippen LogP contribution in [0.5, 0.6) is 6.01 Å². The van der Waals surface area contributed by atoms with Crippen LogP contribution in [-0.4, -0.2) is 63.2 Å². The molecule has 4 aromatic rings. The number of rotatable bonds is 5. The summed E-state index contributed by atoms with van der Waals surface area (Å²) in [5.74, 6) is 1.00. The van der Waals surface area contributed by atoms with Crippen LogP contribution in [0.3, 0.4) is 0 Å². The number of hydrogen-bond acceptors (Lipinski definition) is 7. The topological polar surface area (TPSA) is 62.6 Å². The van der Waals surface area contributed by atoms with Crippen LogP contribution >= 0.6 is 11.6 Å². The third-order valence-corrected chi connectivity index (χ3v) is 8.98. The van der Waals surface area contributed by atoms with E-state index in [-0.39, 0.29) is 6.04 Å². The van der Waals surface area contributed by atoms with Crippen LogP contribution in [-0.2, 0) is 26.1 Å². The van der Waals surface area contributed by atoms with E-state index >= 15 is 0 Å².